The number of amides is 1. The second-order valence-electron chi connectivity index (χ2n) is 7.71. The molecule has 3 aromatic rings. The fourth-order valence-corrected chi connectivity index (χ4v) is 4.89. The SMILES string of the molecule is CC(C)c1ccc2c(c1)OC1(O)c3ccccc3C(=O)C21NC(=O)c1cccs1. The van der Waals surface area contributed by atoms with Crippen molar-refractivity contribution in [2.24, 2.45) is 0 Å². The van der Waals surface area contributed by atoms with Gasteiger partial charge in [-0.1, -0.05) is 56.3 Å². The number of ether oxygens (including phenoxy) is 1. The molecular weight excluding hydrogens is 386 g/mol. The van der Waals surface area contributed by atoms with Gasteiger partial charge in [0.1, 0.15) is 5.75 Å². The molecule has 1 amide bonds. The number of thiophene rings is 1. The Hall–Kier alpha value is -2.96. The van der Waals surface area contributed by atoms with Gasteiger partial charge in [-0.25, -0.2) is 0 Å². The van der Waals surface area contributed by atoms with E-state index in [2.05, 4.69) is 19.2 Å². The number of carbonyl (C=O) groups is 2. The number of benzene rings is 2. The molecule has 6 heteroatoms. The third kappa shape index (κ3) is 2.24. The van der Waals surface area contributed by atoms with E-state index in [1.165, 1.54) is 11.3 Å². The minimum Gasteiger partial charge on any atom is -0.454 e. The Morgan fingerprint density at radius 2 is 1.90 bits per heavy atom. The topological polar surface area (TPSA) is 75.6 Å². The first-order chi connectivity index (χ1) is 13.9. The molecule has 0 radical (unpaired) electrons. The summed E-state index contributed by atoms with van der Waals surface area (Å²) >= 11 is 1.27. The van der Waals surface area contributed by atoms with Crippen molar-refractivity contribution in [3.8, 4) is 5.75 Å². The first-order valence-electron chi connectivity index (χ1n) is 9.44. The van der Waals surface area contributed by atoms with E-state index in [4.69, 9.17) is 4.74 Å². The normalized spacial score (nSPS) is 24.1. The van der Waals surface area contributed by atoms with Gasteiger partial charge in [-0.15, -0.1) is 11.3 Å². The molecule has 1 aliphatic carbocycles. The fourth-order valence-electron chi connectivity index (χ4n) is 4.27. The number of rotatable bonds is 3. The lowest BCUT2D eigenvalue weighted by Gasteiger charge is -2.34. The molecule has 5 nitrogen and oxygen atoms in total. The zero-order valence-electron chi connectivity index (χ0n) is 15.9. The quantitative estimate of drug-likeness (QED) is 0.692. The minimum absolute atomic E-state index is 0.249. The molecule has 2 atom stereocenters. The van der Waals surface area contributed by atoms with Gasteiger partial charge >= 0.3 is 0 Å². The Morgan fingerprint density at radius 3 is 2.62 bits per heavy atom. The molecule has 2 heterocycles. The Bertz CT molecular complexity index is 1150. The van der Waals surface area contributed by atoms with Crippen LogP contribution < -0.4 is 10.1 Å². The van der Waals surface area contributed by atoms with Gasteiger partial charge in [0.15, 0.2) is 0 Å². The second kappa shape index (κ2) is 6.02. The maximum Gasteiger partial charge on any atom is 0.271 e. The molecule has 1 aromatic heterocycles. The number of hydrogen-bond acceptors (Lipinski definition) is 5. The maximum absolute atomic E-state index is 13.6. The first kappa shape index (κ1) is 18.1. The van der Waals surface area contributed by atoms with Crippen LogP contribution in [0.4, 0.5) is 0 Å². The highest BCUT2D eigenvalue weighted by Gasteiger charge is 2.71. The van der Waals surface area contributed by atoms with Crippen LogP contribution in [0, 0.1) is 0 Å². The highest BCUT2D eigenvalue weighted by atomic mass is 32.1. The average Bonchev–Trinajstić information content (AvgIpc) is 3.37. The van der Waals surface area contributed by atoms with Crippen LogP contribution in [0.15, 0.2) is 60.0 Å². The third-order valence-corrected chi connectivity index (χ3v) is 6.63. The summed E-state index contributed by atoms with van der Waals surface area (Å²) in [5.41, 5.74) is 0.463. The van der Waals surface area contributed by atoms with E-state index < -0.39 is 17.2 Å². The zero-order chi connectivity index (χ0) is 20.4. The molecule has 29 heavy (non-hydrogen) atoms. The molecule has 2 unspecified atom stereocenters. The van der Waals surface area contributed by atoms with Gasteiger partial charge in [-0.05, 0) is 29.0 Å². The summed E-state index contributed by atoms with van der Waals surface area (Å²) in [6.07, 6.45) is 0. The summed E-state index contributed by atoms with van der Waals surface area (Å²) in [5, 5.41) is 16.4. The molecule has 146 valence electrons. The van der Waals surface area contributed by atoms with Gasteiger partial charge in [0.25, 0.3) is 11.7 Å². The Kier molecular flexibility index (Phi) is 3.75. The van der Waals surface area contributed by atoms with Crippen molar-refractivity contribution in [1.29, 1.82) is 0 Å². The largest absolute Gasteiger partial charge is 0.454 e. The summed E-state index contributed by atoms with van der Waals surface area (Å²) in [6, 6.07) is 15.8. The van der Waals surface area contributed by atoms with Crippen molar-refractivity contribution < 1.29 is 19.4 Å². The summed E-state index contributed by atoms with van der Waals surface area (Å²) < 4.78 is 6.05. The number of ketones is 1. The lowest BCUT2D eigenvalue weighted by molar-refractivity contribution is -0.169. The van der Waals surface area contributed by atoms with Crippen molar-refractivity contribution >= 4 is 23.0 Å². The Labute approximate surface area is 172 Å². The van der Waals surface area contributed by atoms with E-state index in [0.717, 1.165) is 5.56 Å². The van der Waals surface area contributed by atoms with Gasteiger partial charge in [-0.2, -0.15) is 0 Å². The summed E-state index contributed by atoms with van der Waals surface area (Å²) in [5.74, 6) is -2.15. The molecule has 0 bridgehead atoms. The number of hydrogen-bond donors (Lipinski definition) is 2. The van der Waals surface area contributed by atoms with Crippen LogP contribution in [0.5, 0.6) is 5.75 Å². The molecular formula is C23H19NO4S. The van der Waals surface area contributed by atoms with Gasteiger partial charge < -0.3 is 15.2 Å². The van der Waals surface area contributed by atoms with Gasteiger partial charge in [-0.3, -0.25) is 9.59 Å². The first-order valence-corrected chi connectivity index (χ1v) is 10.3. The predicted molar refractivity (Wildman–Crippen MR) is 109 cm³/mol. The van der Waals surface area contributed by atoms with Crippen molar-refractivity contribution in [3.05, 3.63) is 87.1 Å². The monoisotopic (exact) mass is 405 g/mol. The van der Waals surface area contributed by atoms with Crippen molar-refractivity contribution in [3.63, 3.8) is 0 Å². The van der Waals surface area contributed by atoms with E-state index in [9.17, 15) is 14.7 Å². The van der Waals surface area contributed by atoms with Crippen LogP contribution in [0.2, 0.25) is 0 Å². The molecule has 0 spiro atoms. The number of nitrogens with one attached hydrogen (secondary N) is 1. The van der Waals surface area contributed by atoms with E-state index >= 15 is 0 Å². The van der Waals surface area contributed by atoms with E-state index in [-0.39, 0.29) is 11.7 Å². The lowest BCUT2D eigenvalue weighted by Crippen LogP contribution is -2.60. The highest BCUT2D eigenvalue weighted by molar-refractivity contribution is 7.12. The molecule has 5 rings (SSSR count). The van der Waals surface area contributed by atoms with Crippen LogP contribution in [0.1, 0.15) is 56.5 Å². The van der Waals surface area contributed by atoms with E-state index in [0.29, 0.717) is 27.3 Å². The summed E-state index contributed by atoms with van der Waals surface area (Å²) in [4.78, 5) is 27.1. The number of Topliss-reactive ketones (excluding diaryl/α,β-unsaturated/α-hetero) is 1. The second-order valence-corrected chi connectivity index (χ2v) is 8.66. The lowest BCUT2D eigenvalue weighted by atomic mass is 9.82. The number of fused-ring (bicyclic) bond motifs is 5. The van der Waals surface area contributed by atoms with Crippen LogP contribution in [0.3, 0.4) is 0 Å². The van der Waals surface area contributed by atoms with E-state index in [1.807, 2.05) is 12.1 Å². The minimum atomic E-state index is -2.01. The van der Waals surface area contributed by atoms with Crippen LogP contribution in [-0.4, -0.2) is 16.8 Å². The molecule has 2 N–H and O–H groups in total. The molecule has 1 aliphatic heterocycles. The van der Waals surface area contributed by atoms with Crippen molar-refractivity contribution in [1.82, 2.24) is 5.32 Å². The summed E-state index contributed by atoms with van der Waals surface area (Å²) in [7, 11) is 0. The van der Waals surface area contributed by atoms with Crippen LogP contribution in [-0.2, 0) is 11.3 Å². The van der Waals surface area contributed by atoms with Crippen molar-refractivity contribution in [2.75, 3.05) is 0 Å². The van der Waals surface area contributed by atoms with Crippen LogP contribution in [0.25, 0.3) is 0 Å². The number of aliphatic hydroxyl groups is 1. The maximum atomic E-state index is 13.6. The number of carbonyl (C=O) groups excluding carboxylic acids is 2. The van der Waals surface area contributed by atoms with E-state index in [1.54, 1.807) is 47.8 Å². The molecule has 2 aliphatic rings. The zero-order valence-corrected chi connectivity index (χ0v) is 16.7. The fraction of sp³-hybridized carbons (Fsp3) is 0.217. The van der Waals surface area contributed by atoms with Gasteiger partial charge in [0.05, 0.1) is 4.88 Å². The standard InChI is InChI=1S/C23H19NO4S/c1-13(2)14-9-10-17-18(12-14)28-23(27)16-7-4-3-6-15(16)20(25)22(17,23)24-21(26)19-8-5-11-29-19/h3-13,27H,1-2H3,(H,24,26). The molecule has 0 saturated carbocycles. The third-order valence-electron chi connectivity index (χ3n) is 5.77. The molecule has 0 fully saturated rings. The Balaban J connectivity index is 1.74. The Morgan fingerprint density at radius 1 is 1.10 bits per heavy atom. The molecule has 2 aromatic carbocycles. The van der Waals surface area contributed by atoms with Crippen molar-refractivity contribution in [2.45, 2.75) is 31.1 Å². The summed E-state index contributed by atoms with van der Waals surface area (Å²) in [6.45, 7) is 4.11. The van der Waals surface area contributed by atoms with Crippen LogP contribution >= 0.6 is 11.3 Å². The smallest absolute Gasteiger partial charge is 0.271 e. The van der Waals surface area contributed by atoms with Gasteiger partial charge in [0.2, 0.25) is 11.3 Å². The highest BCUT2D eigenvalue weighted by Crippen LogP contribution is 2.58. The average molecular weight is 405 g/mol. The molecule has 0 saturated heterocycles. The van der Waals surface area contributed by atoms with Gasteiger partial charge in [0, 0.05) is 16.7 Å². The predicted octanol–water partition coefficient (Wildman–Crippen LogP) is 3.93.